The van der Waals surface area contributed by atoms with Gasteiger partial charge in [-0.05, 0) is 46.6 Å². The van der Waals surface area contributed by atoms with Crippen LogP contribution in [-0.2, 0) is 9.31 Å². The number of primary amides is 1. The van der Waals surface area contributed by atoms with Crippen molar-refractivity contribution >= 4 is 18.6 Å². The Balaban J connectivity index is 1.91. The van der Waals surface area contributed by atoms with Gasteiger partial charge in [-0.2, -0.15) is 0 Å². The summed E-state index contributed by atoms with van der Waals surface area (Å²) in [5.41, 5.74) is 5.15. The Hall–Kier alpha value is -1.60. The fraction of sp³-hybridized carbons (Fsp3) is 0.600. The molecule has 0 radical (unpaired) electrons. The molecule has 0 aromatic carbocycles. The SMILES string of the molecule is CC1(C)OB(c2ncc(OC3CC3)cc2C(N)=O)OC1(C)C. The first kappa shape index (κ1) is 15.3. The highest BCUT2D eigenvalue weighted by atomic mass is 16.7. The molecule has 2 heterocycles. The summed E-state index contributed by atoms with van der Waals surface area (Å²) in [6.07, 6.45) is 3.88. The molecule has 6 nitrogen and oxygen atoms in total. The van der Waals surface area contributed by atoms with E-state index >= 15 is 0 Å². The Kier molecular flexibility index (Phi) is 3.45. The summed E-state index contributed by atoms with van der Waals surface area (Å²) in [7, 11) is -0.720. The van der Waals surface area contributed by atoms with E-state index in [1.165, 1.54) is 0 Å². The van der Waals surface area contributed by atoms with E-state index in [-0.39, 0.29) is 11.7 Å². The van der Waals surface area contributed by atoms with Crippen LogP contribution in [0.2, 0.25) is 0 Å². The van der Waals surface area contributed by atoms with E-state index in [1.54, 1.807) is 12.3 Å². The van der Waals surface area contributed by atoms with Gasteiger partial charge < -0.3 is 19.8 Å². The van der Waals surface area contributed by atoms with Crippen molar-refractivity contribution in [3.8, 4) is 5.75 Å². The number of pyridine rings is 1. The Bertz CT molecular complexity index is 598. The predicted octanol–water partition coefficient (Wildman–Crippen LogP) is 1.02. The Morgan fingerprint density at radius 2 is 1.91 bits per heavy atom. The van der Waals surface area contributed by atoms with Crippen molar-refractivity contribution in [3.63, 3.8) is 0 Å². The summed E-state index contributed by atoms with van der Waals surface area (Å²) in [6, 6.07) is 1.62. The maximum Gasteiger partial charge on any atom is 0.515 e. The summed E-state index contributed by atoms with van der Waals surface area (Å²) in [4.78, 5) is 16.1. The average molecular weight is 304 g/mol. The summed E-state index contributed by atoms with van der Waals surface area (Å²) in [6.45, 7) is 7.78. The molecule has 1 saturated heterocycles. The number of amides is 1. The summed E-state index contributed by atoms with van der Waals surface area (Å²) in [5, 5.41) is 0. The fourth-order valence-corrected chi connectivity index (χ4v) is 2.24. The van der Waals surface area contributed by atoms with Crippen LogP contribution in [0.3, 0.4) is 0 Å². The van der Waals surface area contributed by atoms with Crippen LogP contribution >= 0.6 is 0 Å². The lowest BCUT2D eigenvalue weighted by Gasteiger charge is -2.32. The minimum Gasteiger partial charge on any atom is -0.489 e. The van der Waals surface area contributed by atoms with Crippen LogP contribution in [0.15, 0.2) is 12.3 Å². The van der Waals surface area contributed by atoms with Crippen LogP contribution in [0.1, 0.15) is 50.9 Å². The van der Waals surface area contributed by atoms with Crippen LogP contribution in [0.25, 0.3) is 0 Å². The number of carbonyl (C=O) groups excluding carboxylic acids is 1. The van der Waals surface area contributed by atoms with Gasteiger partial charge in [0.2, 0.25) is 5.91 Å². The minimum atomic E-state index is -0.720. The van der Waals surface area contributed by atoms with E-state index in [0.717, 1.165) is 12.8 Å². The van der Waals surface area contributed by atoms with Crippen molar-refractivity contribution in [3.05, 3.63) is 17.8 Å². The van der Waals surface area contributed by atoms with Gasteiger partial charge >= 0.3 is 7.12 Å². The van der Waals surface area contributed by atoms with E-state index in [9.17, 15) is 4.79 Å². The lowest BCUT2D eigenvalue weighted by molar-refractivity contribution is 0.00578. The number of nitrogens with two attached hydrogens (primary N) is 1. The second-order valence-corrected chi connectivity index (χ2v) is 6.87. The van der Waals surface area contributed by atoms with Crippen molar-refractivity contribution in [1.82, 2.24) is 4.98 Å². The largest absolute Gasteiger partial charge is 0.515 e. The Morgan fingerprint density at radius 3 is 2.41 bits per heavy atom. The highest BCUT2D eigenvalue weighted by Crippen LogP contribution is 2.36. The van der Waals surface area contributed by atoms with Gasteiger partial charge in [-0.3, -0.25) is 9.78 Å². The maximum absolute atomic E-state index is 11.8. The highest BCUT2D eigenvalue weighted by molar-refractivity contribution is 6.62. The normalized spacial score (nSPS) is 22.6. The first-order chi connectivity index (χ1) is 10.2. The lowest BCUT2D eigenvalue weighted by Crippen LogP contribution is -2.41. The molecule has 2 fully saturated rings. The van der Waals surface area contributed by atoms with E-state index in [0.29, 0.717) is 11.3 Å². The van der Waals surface area contributed by atoms with Gasteiger partial charge in [0.05, 0.1) is 34.7 Å². The Morgan fingerprint density at radius 1 is 1.32 bits per heavy atom. The smallest absolute Gasteiger partial charge is 0.489 e. The second-order valence-electron chi connectivity index (χ2n) is 6.87. The molecule has 1 aliphatic carbocycles. The minimum absolute atomic E-state index is 0.227. The van der Waals surface area contributed by atoms with Gasteiger partial charge in [-0.15, -0.1) is 0 Å². The van der Waals surface area contributed by atoms with Gasteiger partial charge in [0.25, 0.3) is 0 Å². The van der Waals surface area contributed by atoms with Crippen molar-refractivity contribution in [2.75, 3.05) is 0 Å². The molecule has 1 amide bonds. The lowest BCUT2D eigenvalue weighted by atomic mass is 9.80. The van der Waals surface area contributed by atoms with Gasteiger partial charge in [0.1, 0.15) is 5.75 Å². The molecule has 3 rings (SSSR count). The van der Waals surface area contributed by atoms with Gasteiger partial charge in [0, 0.05) is 0 Å². The number of aromatic nitrogens is 1. The van der Waals surface area contributed by atoms with Crippen LogP contribution in [0.5, 0.6) is 5.75 Å². The molecule has 0 spiro atoms. The Labute approximate surface area is 130 Å². The van der Waals surface area contributed by atoms with Gasteiger partial charge in [-0.25, -0.2) is 0 Å². The number of rotatable bonds is 4. The van der Waals surface area contributed by atoms with Crippen LogP contribution in [-0.4, -0.2) is 35.3 Å². The molecule has 1 saturated carbocycles. The van der Waals surface area contributed by atoms with E-state index in [4.69, 9.17) is 19.8 Å². The molecule has 0 bridgehead atoms. The van der Waals surface area contributed by atoms with Crippen LogP contribution < -0.4 is 16.1 Å². The second kappa shape index (κ2) is 4.96. The monoisotopic (exact) mass is 304 g/mol. The van der Waals surface area contributed by atoms with Gasteiger partial charge in [-0.1, -0.05) is 0 Å². The number of ether oxygens (including phenoxy) is 1. The number of hydrogen-bond acceptors (Lipinski definition) is 5. The maximum atomic E-state index is 11.8. The van der Waals surface area contributed by atoms with Crippen LogP contribution in [0.4, 0.5) is 0 Å². The molecule has 2 aliphatic rings. The molecular weight excluding hydrogens is 283 g/mol. The zero-order chi connectivity index (χ0) is 16.1. The summed E-state index contributed by atoms with van der Waals surface area (Å²) < 4.78 is 17.5. The number of nitrogens with zero attached hydrogens (tertiary/aromatic N) is 1. The predicted molar refractivity (Wildman–Crippen MR) is 82.1 cm³/mol. The zero-order valence-corrected chi connectivity index (χ0v) is 13.4. The topological polar surface area (TPSA) is 83.7 Å². The highest BCUT2D eigenvalue weighted by Gasteiger charge is 2.53. The van der Waals surface area contributed by atoms with E-state index < -0.39 is 24.2 Å². The first-order valence-corrected chi connectivity index (χ1v) is 7.52. The van der Waals surface area contributed by atoms with Crippen molar-refractivity contribution in [1.29, 1.82) is 0 Å². The molecule has 1 aromatic rings. The summed E-state index contributed by atoms with van der Waals surface area (Å²) in [5.74, 6) is -0.0185. The zero-order valence-electron chi connectivity index (χ0n) is 13.4. The standard InChI is InChI=1S/C15H21BN2O4/c1-14(2)15(3,4)22-16(21-14)12-11(13(17)19)7-10(8-18-12)20-9-5-6-9/h7-9H,5-6H2,1-4H3,(H2,17,19). The summed E-state index contributed by atoms with van der Waals surface area (Å²) >= 11 is 0. The molecule has 0 unspecified atom stereocenters. The molecule has 118 valence electrons. The van der Waals surface area contributed by atoms with E-state index in [1.807, 2.05) is 27.7 Å². The van der Waals surface area contributed by atoms with Crippen molar-refractivity contribution < 1.29 is 18.8 Å². The number of hydrogen-bond donors (Lipinski definition) is 1. The third-order valence-electron chi connectivity index (χ3n) is 4.46. The first-order valence-electron chi connectivity index (χ1n) is 7.52. The third kappa shape index (κ3) is 2.70. The third-order valence-corrected chi connectivity index (χ3v) is 4.46. The molecule has 22 heavy (non-hydrogen) atoms. The fourth-order valence-electron chi connectivity index (χ4n) is 2.24. The van der Waals surface area contributed by atoms with E-state index in [2.05, 4.69) is 4.98 Å². The molecule has 7 heteroatoms. The van der Waals surface area contributed by atoms with Crippen molar-refractivity contribution in [2.45, 2.75) is 57.8 Å². The molecule has 1 aromatic heterocycles. The molecule has 0 atom stereocenters. The quantitative estimate of drug-likeness (QED) is 0.840. The molecule has 1 aliphatic heterocycles. The molecular formula is C15H21BN2O4. The van der Waals surface area contributed by atoms with Gasteiger partial charge in [0.15, 0.2) is 0 Å². The van der Waals surface area contributed by atoms with Crippen LogP contribution in [0, 0.1) is 0 Å². The average Bonchev–Trinajstić information content (AvgIpc) is 3.17. The molecule has 2 N–H and O–H groups in total. The number of carbonyl (C=O) groups is 1. The van der Waals surface area contributed by atoms with Crippen molar-refractivity contribution in [2.24, 2.45) is 5.73 Å².